The zero-order chi connectivity index (χ0) is 12.7. The number of pyridine rings is 1. The van der Waals surface area contributed by atoms with E-state index in [1.165, 1.54) is 12.8 Å². The molecule has 0 atom stereocenters. The fourth-order valence-electron chi connectivity index (χ4n) is 2.55. The Morgan fingerprint density at radius 1 is 1.28 bits per heavy atom. The van der Waals surface area contributed by atoms with E-state index in [2.05, 4.69) is 49.2 Å². The minimum Gasteiger partial charge on any atom is -0.355 e. The van der Waals surface area contributed by atoms with Gasteiger partial charge in [0.05, 0.1) is 11.8 Å². The van der Waals surface area contributed by atoms with Crippen LogP contribution in [0, 0.1) is 0 Å². The molecule has 0 aliphatic carbocycles. The lowest BCUT2D eigenvalue weighted by atomic mass is 10.3. The molecule has 2 aromatic rings. The molecular weight excluding hydrogens is 292 g/mol. The van der Waals surface area contributed by atoms with E-state index in [1.807, 2.05) is 12.4 Å². The molecule has 0 aromatic carbocycles. The van der Waals surface area contributed by atoms with Gasteiger partial charge in [-0.05, 0) is 48.7 Å². The first-order chi connectivity index (χ1) is 8.66. The number of halogens is 1. The highest BCUT2D eigenvalue weighted by Crippen LogP contribution is 2.31. The van der Waals surface area contributed by atoms with Gasteiger partial charge in [-0.2, -0.15) is 0 Å². The van der Waals surface area contributed by atoms with E-state index in [-0.39, 0.29) is 0 Å². The minimum atomic E-state index is 0.402. The van der Waals surface area contributed by atoms with Gasteiger partial charge in [0.15, 0.2) is 5.82 Å². The molecule has 5 heteroatoms. The Morgan fingerprint density at radius 3 is 2.67 bits per heavy atom. The average molecular weight is 309 g/mol. The van der Waals surface area contributed by atoms with Gasteiger partial charge in [-0.1, -0.05) is 0 Å². The number of fused-ring (bicyclic) bond motifs is 1. The van der Waals surface area contributed by atoms with E-state index in [0.29, 0.717) is 6.04 Å². The van der Waals surface area contributed by atoms with E-state index in [0.717, 1.165) is 34.5 Å². The van der Waals surface area contributed by atoms with Crippen LogP contribution >= 0.6 is 15.9 Å². The normalized spacial score (nSPS) is 16.1. The Kier molecular flexibility index (Phi) is 3.01. The molecule has 3 rings (SSSR count). The first-order valence-electron chi connectivity index (χ1n) is 6.45. The predicted octanol–water partition coefficient (Wildman–Crippen LogP) is 3.37. The third kappa shape index (κ3) is 1.90. The number of hydrogen-bond donors (Lipinski definition) is 0. The molecule has 1 aliphatic heterocycles. The fourth-order valence-corrected chi connectivity index (χ4v) is 2.94. The lowest BCUT2D eigenvalue weighted by Crippen LogP contribution is -2.20. The van der Waals surface area contributed by atoms with Gasteiger partial charge in [0.25, 0.3) is 0 Å². The molecule has 1 fully saturated rings. The quantitative estimate of drug-likeness (QED) is 0.798. The van der Waals surface area contributed by atoms with Crippen LogP contribution in [0.3, 0.4) is 0 Å². The highest BCUT2D eigenvalue weighted by molar-refractivity contribution is 9.10. The molecular formula is C13H17BrN4. The summed E-state index contributed by atoms with van der Waals surface area (Å²) in [5.74, 6) is 1.07. The van der Waals surface area contributed by atoms with Crippen LogP contribution in [0.15, 0.2) is 17.0 Å². The summed E-state index contributed by atoms with van der Waals surface area (Å²) in [7, 11) is 0. The van der Waals surface area contributed by atoms with Gasteiger partial charge >= 0.3 is 0 Å². The van der Waals surface area contributed by atoms with Gasteiger partial charge in [0.2, 0.25) is 0 Å². The third-order valence-corrected chi connectivity index (χ3v) is 3.87. The van der Waals surface area contributed by atoms with Crippen LogP contribution in [0.2, 0.25) is 0 Å². The highest BCUT2D eigenvalue weighted by atomic mass is 79.9. The predicted molar refractivity (Wildman–Crippen MR) is 77.1 cm³/mol. The van der Waals surface area contributed by atoms with Crippen LogP contribution in [0.5, 0.6) is 0 Å². The maximum absolute atomic E-state index is 4.68. The minimum absolute atomic E-state index is 0.402. The molecule has 1 saturated heterocycles. The summed E-state index contributed by atoms with van der Waals surface area (Å²) in [6.07, 6.45) is 4.43. The lowest BCUT2D eigenvalue weighted by molar-refractivity contribution is 0.616. The monoisotopic (exact) mass is 308 g/mol. The summed E-state index contributed by atoms with van der Waals surface area (Å²) in [5, 5.41) is 0. The van der Waals surface area contributed by atoms with Crippen LogP contribution in [-0.2, 0) is 0 Å². The van der Waals surface area contributed by atoms with Gasteiger partial charge in [-0.25, -0.2) is 9.97 Å². The molecule has 0 N–H and O–H groups in total. The summed E-state index contributed by atoms with van der Waals surface area (Å²) in [4.78, 5) is 11.5. The average Bonchev–Trinajstić information content (AvgIpc) is 2.96. The van der Waals surface area contributed by atoms with Crippen molar-refractivity contribution in [3.8, 4) is 0 Å². The van der Waals surface area contributed by atoms with Crippen LogP contribution in [-0.4, -0.2) is 27.6 Å². The Balaban J connectivity index is 2.23. The molecule has 0 radical (unpaired) electrons. The third-order valence-electron chi connectivity index (χ3n) is 3.46. The molecule has 0 amide bonds. The molecule has 2 aromatic heterocycles. The standard InChI is InChI=1S/C13H17BrN4/c1-9(2)18-8-15-10-7-11(14)16-13(12(10)18)17-5-3-4-6-17/h7-9H,3-6H2,1-2H3. The number of nitrogens with zero attached hydrogens (tertiary/aromatic N) is 4. The molecule has 0 bridgehead atoms. The Hall–Kier alpha value is -1.10. The van der Waals surface area contributed by atoms with Crippen molar-refractivity contribution in [2.45, 2.75) is 32.7 Å². The first-order valence-corrected chi connectivity index (χ1v) is 7.24. The molecule has 0 saturated carbocycles. The van der Waals surface area contributed by atoms with Crippen LogP contribution in [0.4, 0.5) is 5.82 Å². The van der Waals surface area contributed by atoms with E-state index in [1.54, 1.807) is 0 Å². The van der Waals surface area contributed by atoms with Crippen molar-refractivity contribution in [1.29, 1.82) is 0 Å². The summed E-state index contributed by atoms with van der Waals surface area (Å²) in [5.41, 5.74) is 2.18. The van der Waals surface area contributed by atoms with Crippen molar-refractivity contribution in [3.63, 3.8) is 0 Å². The van der Waals surface area contributed by atoms with Crippen molar-refractivity contribution in [3.05, 3.63) is 17.0 Å². The fraction of sp³-hybridized carbons (Fsp3) is 0.538. The zero-order valence-electron chi connectivity index (χ0n) is 10.7. The van der Waals surface area contributed by atoms with Crippen molar-refractivity contribution in [1.82, 2.24) is 14.5 Å². The second-order valence-electron chi connectivity index (χ2n) is 5.08. The van der Waals surface area contributed by atoms with E-state index in [9.17, 15) is 0 Å². The summed E-state index contributed by atoms with van der Waals surface area (Å²) in [6, 6.07) is 2.40. The number of imidazole rings is 1. The topological polar surface area (TPSA) is 34.0 Å². The van der Waals surface area contributed by atoms with Crippen molar-refractivity contribution in [2.75, 3.05) is 18.0 Å². The van der Waals surface area contributed by atoms with Gasteiger partial charge < -0.3 is 9.47 Å². The van der Waals surface area contributed by atoms with Crippen LogP contribution in [0.25, 0.3) is 11.0 Å². The molecule has 1 aliphatic rings. The van der Waals surface area contributed by atoms with Gasteiger partial charge in [-0.15, -0.1) is 0 Å². The molecule has 96 valence electrons. The summed E-state index contributed by atoms with van der Waals surface area (Å²) < 4.78 is 3.08. The van der Waals surface area contributed by atoms with Crippen LogP contribution in [0.1, 0.15) is 32.7 Å². The maximum atomic E-state index is 4.68. The largest absolute Gasteiger partial charge is 0.355 e. The van der Waals surface area contributed by atoms with Gasteiger partial charge in [0.1, 0.15) is 10.1 Å². The lowest BCUT2D eigenvalue weighted by Gasteiger charge is -2.19. The second-order valence-corrected chi connectivity index (χ2v) is 5.89. The molecule has 0 spiro atoms. The number of aromatic nitrogens is 3. The van der Waals surface area contributed by atoms with E-state index < -0.39 is 0 Å². The number of hydrogen-bond acceptors (Lipinski definition) is 3. The molecule has 0 unspecified atom stereocenters. The molecule has 3 heterocycles. The number of anilines is 1. The number of rotatable bonds is 2. The van der Waals surface area contributed by atoms with Gasteiger partial charge in [0, 0.05) is 19.1 Å². The molecule has 18 heavy (non-hydrogen) atoms. The van der Waals surface area contributed by atoms with E-state index >= 15 is 0 Å². The van der Waals surface area contributed by atoms with Crippen molar-refractivity contribution in [2.24, 2.45) is 0 Å². The van der Waals surface area contributed by atoms with Crippen molar-refractivity contribution >= 4 is 32.8 Å². The van der Waals surface area contributed by atoms with Crippen LogP contribution < -0.4 is 4.90 Å². The van der Waals surface area contributed by atoms with Crippen molar-refractivity contribution < 1.29 is 0 Å². The first kappa shape index (κ1) is 12.0. The Morgan fingerprint density at radius 2 is 2.00 bits per heavy atom. The summed E-state index contributed by atoms with van der Waals surface area (Å²) in [6.45, 7) is 6.55. The smallest absolute Gasteiger partial charge is 0.156 e. The Bertz CT molecular complexity index is 570. The van der Waals surface area contributed by atoms with Gasteiger partial charge in [-0.3, -0.25) is 0 Å². The molecule has 4 nitrogen and oxygen atoms in total. The SMILES string of the molecule is CC(C)n1cnc2cc(Br)nc(N3CCCC3)c21. The highest BCUT2D eigenvalue weighted by Gasteiger charge is 2.20. The summed E-state index contributed by atoms with van der Waals surface area (Å²) >= 11 is 3.49. The Labute approximate surface area is 115 Å². The van der Waals surface area contributed by atoms with E-state index in [4.69, 9.17) is 0 Å². The zero-order valence-corrected chi connectivity index (χ0v) is 12.3. The maximum Gasteiger partial charge on any atom is 0.156 e. The second kappa shape index (κ2) is 4.53.